The van der Waals surface area contributed by atoms with Gasteiger partial charge in [0.25, 0.3) is 0 Å². The van der Waals surface area contributed by atoms with Gasteiger partial charge in [-0.2, -0.15) is 0 Å². The Morgan fingerprint density at radius 1 is 1.33 bits per heavy atom. The number of likely N-dealkylation sites (tertiary alicyclic amines) is 1. The zero-order valence-corrected chi connectivity index (χ0v) is 9.45. The summed E-state index contributed by atoms with van der Waals surface area (Å²) in [5, 5.41) is 0. The fourth-order valence-electron chi connectivity index (χ4n) is 2.17. The van der Waals surface area contributed by atoms with Crippen LogP contribution in [0.5, 0.6) is 0 Å². The van der Waals surface area contributed by atoms with E-state index in [1.807, 2.05) is 6.92 Å². The fraction of sp³-hybridized carbons (Fsp3) is 0.538. The first-order valence-corrected chi connectivity index (χ1v) is 5.82. The monoisotopic (exact) mass is 204 g/mol. The van der Waals surface area contributed by atoms with Crippen LogP contribution in [0, 0.1) is 0 Å². The number of hydrogen-bond acceptors (Lipinski definition) is 2. The highest BCUT2D eigenvalue weighted by Crippen LogP contribution is 2.16. The van der Waals surface area contributed by atoms with E-state index in [4.69, 9.17) is 5.73 Å². The molecule has 15 heavy (non-hydrogen) atoms. The van der Waals surface area contributed by atoms with Crippen LogP contribution >= 0.6 is 0 Å². The molecule has 0 radical (unpaired) electrons. The third-order valence-corrected chi connectivity index (χ3v) is 3.08. The summed E-state index contributed by atoms with van der Waals surface area (Å²) in [6.07, 6.45) is 2.71. The van der Waals surface area contributed by atoms with Crippen molar-refractivity contribution in [3.63, 3.8) is 0 Å². The zero-order valence-electron chi connectivity index (χ0n) is 9.45. The predicted molar refractivity (Wildman–Crippen MR) is 63.6 cm³/mol. The standard InChI is InChI=1S/C13H20N2/c1-11(14)13-6-4-5-12(9-13)10-15-7-2-3-8-15/h4-6,9,11H,2-3,7-8,10,14H2,1H3. The Hall–Kier alpha value is -0.860. The molecule has 82 valence electrons. The molecule has 0 spiro atoms. The van der Waals surface area contributed by atoms with Gasteiger partial charge in [-0.05, 0) is 44.0 Å². The maximum atomic E-state index is 5.88. The lowest BCUT2D eigenvalue weighted by molar-refractivity contribution is 0.331. The normalized spacial score (nSPS) is 19.3. The molecule has 2 N–H and O–H groups in total. The Labute approximate surface area is 92.1 Å². The Bertz CT molecular complexity index is 314. The molecule has 0 bridgehead atoms. The van der Waals surface area contributed by atoms with Crippen molar-refractivity contribution < 1.29 is 0 Å². The summed E-state index contributed by atoms with van der Waals surface area (Å²) in [5.74, 6) is 0. The first-order chi connectivity index (χ1) is 7.25. The quantitative estimate of drug-likeness (QED) is 0.818. The highest BCUT2D eigenvalue weighted by molar-refractivity contribution is 5.25. The lowest BCUT2D eigenvalue weighted by atomic mass is 10.1. The molecule has 0 saturated carbocycles. The van der Waals surface area contributed by atoms with Crippen molar-refractivity contribution in [3.8, 4) is 0 Å². The van der Waals surface area contributed by atoms with E-state index >= 15 is 0 Å². The first-order valence-electron chi connectivity index (χ1n) is 5.82. The molecule has 1 aromatic rings. The largest absolute Gasteiger partial charge is 0.324 e. The number of benzene rings is 1. The Kier molecular flexibility index (Phi) is 3.39. The number of rotatable bonds is 3. The van der Waals surface area contributed by atoms with E-state index in [-0.39, 0.29) is 6.04 Å². The molecule has 1 atom stereocenters. The molecule has 1 heterocycles. The molecule has 2 nitrogen and oxygen atoms in total. The second-order valence-electron chi connectivity index (χ2n) is 4.52. The first kappa shape index (κ1) is 10.7. The number of nitrogens with two attached hydrogens (primary N) is 1. The second kappa shape index (κ2) is 4.77. The van der Waals surface area contributed by atoms with Gasteiger partial charge in [0.05, 0.1) is 0 Å². The molecule has 2 rings (SSSR count). The number of hydrogen-bond donors (Lipinski definition) is 1. The van der Waals surface area contributed by atoms with Gasteiger partial charge in [-0.1, -0.05) is 24.3 Å². The molecule has 0 aliphatic carbocycles. The third-order valence-electron chi connectivity index (χ3n) is 3.08. The minimum absolute atomic E-state index is 0.142. The summed E-state index contributed by atoms with van der Waals surface area (Å²) in [6.45, 7) is 5.63. The average Bonchev–Trinajstić information content (AvgIpc) is 2.71. The summed E-state index contributed by atoms with van der Waals surface area (Å²) < 4.78 is 0. The van der Waals surface area contributed by atoms with E-state index in [2.05, 4.69) is 29.2 Å². The molecule has 1 aliphatic heterocycles. The summed E-state index contributed by atoms with van der Waals surface area (Å²) in [7, 11) is 0. The van der Waals surface area contributed by atoms with Gasteiger partial charge in [0, 0.05) is 12.6 Å². The molecule has 2 heteroatoms. The molecule has 1 unspecified atom stereocenters. The molecule has 1 fully saturated rings. The van der Waals surface area contributed by atoms with Crippen LogP contribution in [0.1, 0.15) is 36.9 Å². The van der Waals surface area contributed by atoms with Crippen molar-refractivity contribution in [3.05, 3.63) is 35.4 Å². The van der Waals surface area contributed by atoms with E-state index in [0.29, 0.717) is 0 Å². The van der Waals surface area contributed by atoms with E-state index < -0.39 is 0 Å². The lowest BCUT2D eigenvalue weighted by Crippen LogP contribution is -2.18. The SMILES string of the molecule is CC(N)c1cccc(CN2CCCC2)c1. The van der Waals surface area contributed by atoms with E-state index in [9.17, 15) is 0 Å². The van der Waals surface area contributed by atoms with Gasteiger partial charge >= 0.3 is 0 Å². The van der Waals surface area contributed by atoms with Crippen LogP contribution in [0.4, 0.5) is 0 Å². The molecule has 1 saturated heterocycles. The van der Waals surface area contributed by atoms with Crippen LogP contribution in [0.15, 0.2) is 24.3 Å². The average molecular weight is 204 g/mol. The van der Waals surface area contributed by atoms with Crippen molar-refractivity contribution in [1.29, 1.82) is 0 Å². The summed E-state index contributed by atoms with van der Waals surface area (Å²) in [4.78, 5) is 2.51. The van der Waals surface area contributed by atoms with Gasteiger partial charge in [-0.25, -0.2) is 0 Å². The summed E-state index contributed by atoms with van der Waals surface area (Å²) in [6, 6.07) is 8.80. The second-order valence-corrected chi connectivity index (χ2v) is 4.52. The third kappa shape index (κ3) is 2.80. The molecule has 1 aromatic carbocycles. The number of nitrogens with zero attached hydrogens (tertiary/aromatic N) is 1. The predicted octanol–water partition coefficient (Wildman–Crippen LogP) is 2.30. The van der Waals surface area contributed by atoms with Gasteiger partial charge in [-0.15, -0.1) is 0 Å². The van der Waals surface area contributed by atoms with E-state index in [1.54, 1.807) is 0 Å². The van der Waals surface area contributed by atoms with E-state index in [1.165, 1.54) is 37.1 Å². The van der Waals surface area contributed by atoms with Gasteiger partial charge < -0.3 is 5.73 Å². The van der Waals surface area contributed by atoms with Gasteiger partial charge in [0.1, 0.15) is 0 Å². The smallest absolute Gasteiger partial charge is 0.0266 e. The lowest BCUT2D eigenvalue weighted by Gasteiger charge is -2.15. The van der Waals surface area contributed by atoms with E-state index in [0.717, 1.165) is 6.54 Å². The van der Waals surface area contributed by atoms with Crippen LogP contribution in [-0.4, -0.2) is 18.0 Å². The van der Waals surface area contributed by atoms with Gasteiger partial charge in [0.15, 0.2) is 0 Å². The summed E-state index contributed by atoms with van der Waals surface area (Å²) >= 11 is 0. The molecule has 1 aliphatic rings. The minimum atomic E-state index is 0.142. The molecule has 0 amide bonds. The highest BCUT2D eigenvalue weighted by Gasteiger charge is 2.11. The minimum Gasteiger partial charge on any atom is -0.324 e. The van der Waals surface area contributed by atoms with Crippen molar-refractivity contribution in [2.24, 2.45) is 5.73 Å². The van der Waals surface area contributed by atoms with Crippen molar-refractivity contribution in [1.82, 2.24) is 4.90 Å². The van der Waals surface area contributed by atoms with Crippen LogP contribution < -0.4 is 5.73 Å². The Morgan fingerprint density at radius 3 is 2.73 bits per heavy atom. The molecular weight excluding hydrogens is 184 g/mol. The zero-order chi connectivity index (χ0) is 10.7. The molecule has 0 aromatic heterocycles. The topological polar surface area (TPSA) is 29.3 Å². The van der Waals surface area contributed by atoms with Crippen LogP contribution in [-0.2, 0) is 6.54 Å². The van der Waals surface area contributed by atoms with Gasteiger partial charge in [0.2, 0.25) is 0 Å². The van der Waals surface area contributed by atoms with Crippen LogP contribution in [0.2, 0.25) is 0 Å². The van der Waals surface area contributed by atoms with Crippen molar-refractivity contribution >= 4 is 0 Å². The highest BCUT2D eigenvalue weighted by atomic mass is 15.1. The maximum absolute atomic E-state index is 5.88. The Balaban J connectivity index is 2.04. The van der Waals surface area contributed by atoms with Crippen molar-refractivity contribution in [2.75, 3.05) is 13.1 Å². The Morgan fingerprint density at radius 2 is 2.07 bits per heavy atom. The summed E-state index contributed by atoms with van der Waals surface area (Å²) in [5.41, 5.74) is 8.51. The fourth-order valence-corrected chi connectivity index (χ4v) is 2.17. The van der Waals surface area contributed by atoms with Crippen LogP contribution in [0.25, 0.3) is 0 Å². The van der Waals surface area contributed by atoms with Crippen molar-refractivity contribution in [2.45, 2.75) is 32.4 Å². The van der Waals surface area contributed by atoms with Crippen LogP contribution in [0.3, 0.4) is 0 Å². The molecular formula is C13H20N2. The van der Waals surface area contributed by atoms with Gasteiger partial charge in [-0.3, -0.25) is 4.90 Å². The maximum Gasteiger partial charge on any atom is 0.0266 e.